The van der Waals surface area contributed by atoms with Crippen molar-refractivity contribution < 1.29 is 0 Å². The molecule has 0 amide bonds. The highest BCUT2D eigenvalue weighted by Gasteiger charge is 2.30. The van der Waals surface area contributed by atoms with Crippen molar-refractivity contribution >= 4 is 11.8 Å². The average Bonchev–Trinajstić information content (AvgIpc) is 2.59. The minimum Gasteiger partial charge on any atom is -0.313 e. The maximum Gasteiger partial charge on any atom is 0.0364 e. The minimum absolute atomic E-state index is 0.608. The number of hydrogen-bond acceptors (Lipinski definition) is 3. The molecule has 0 radical (unpaired) electrons. The van der Waals surface area contributed by atoms with Gasteiger partial charge in [0.15, 0.2) is 0 Å². The Labute approximate surface area is 121 Å². The summed E-state index contributed by atoms with van der Waals surface area (Å²) in [6.45, 7) is 9.36. The molecule has 3 rings (SSSR count). The lowest BCUT2D eigenvalue weighted by Crippen LogP contribution is -2.42. The molecule has 1 fully saturated rings. The van der Waals surface area contributed by atoms with Gasteiger partial charge in [-0.2, -0.15) is 11.8 Å². The Morgan fingerprint density at radius 3 is 2.68 bits per heavy atom. The van der Waals surface area contributed by atoms with Crippen molar-refractivity contribution in [3.8, 4) is 0 Å². The summed E-state index contributed by atoms with van der Waals surface area (Å²) in [6.07, 6.45) is 1.24. The topological polar surface area (TPSA) is 15.3 Å². The van der Waals surface area contributed by atoms with Crippen LogP contribution >= 0.6 is 11.8 Å². The summed E-state index contributed by atoms with van der Waals surface area (Å²) < 4.78 is 0. The van der Waals surface area contributed by atoms with Crippen LogP contribution in [-0.4, -0.2) is 35.0 Å². The Morgan fingerprint density at radius 2 is 1.89 bits per heavy atom. The molecule has 19 heavy (non-hydrogen) atoms. The SMILES string of the molecule is CC1CN(C2CCNCc3ccccc32)CC(C)S1. The van der Waals surface area contributed by atoms with Crippen molar-refractivity contribution in [2.75, 3.05) is 19.6 Å². The van der Waals surface area contributed by atoms with E-state index in [-0.39, 0.29) is 0 Å². The maximum absolute atomic E-state index is 3.56. The molecule has 1 saturated heterocycles. The van der Waals surface area contributed by atoms with Gasteiger partial charge in [0.25, 0.3) is 0 Å². The zero-order valence-electron chi connectivity index (χ0n) is 11.9. The molecule has 1 N–H and O–H groups in total. The van der Waals surface area contributed by atoms with E-state index >= 15 is 0 Å². The van der Waals surface area contributed by atoms with E-state index in [9.17, 15) is 0 Å². The predicted octanol–water partition coefficient (Wildman–Crippen LogP) is 3.05. The van der Waals surface area contributed by atoms with Crippen molar-refractivity contribution in [2.45, 2.75) is 43.4 Å². The lowest BCUT2D eigenvalue weighted by atomic mass is 9.97. The molecule has 1 aromatic carbocycles. The molecule has 2 heterocycles. The summed E-state index contributed by atoms with van der Waals surface area (Å²) in [5, 5.41) is 5.08. The Hall–Kier alpha value is -0.510. The van der Waals surface area contributed by atoms with Gasteiger partial charge in [0.05, 0.1) is 0 Å². The maximum atomic E-state index is 3.56. The van der Waals surface area contributed by atoms with Crippen molar-refractivity contribution in [1.82, 2.24) is 10.2 Å². The van der Waals surface area contributed by atoms with Gasteiger partial charge in [-0.05, 0) is 24.1 Å². The van der Waals surface area contributed by atoms with Crippen LogP contribution in [0.3, 0.4) is 0 Å². The van der Waals surface area contributed by atoms with Crippen molar-refractivity contribution in [1.29, 1.82) is 0 Å². The summed E-state index contributed by atoms with van der Waals surface area (Å²) >= 11 is 2.14. The van der Waals surface area contributed by atoms with Crippen molar-refractivity contribution in [3.05, 3.63) is 35.4 Å². The van der Waals surface area contributed by atoms with E-state index < -0.39 is 0 Å². The molecule has 2 nitrogen and oxygen atoms in total. The number of nitrogens with zero attached hydrogens (tertiary/aromatic N) is 1. The highest BCUT2D eigenvalue weighted by molar-refractivity contribution is 8.00. The van der Waals surface area contributed by atoms with Crippen molar-refractivity contribution in [3.63, 3.8) is 0 Å². The third-order valence-electron chi connectivity index (χ3n) is 4.21. The fraction of sp³-hybridized carbons (Fsp3) is 0.625. The molecule has 2 aliphatic heterocycles. The highest BCUT2D eigenvalue weighted by atomic mass is 32.2. The summed E-state index contributed by atoms with van der Waals surface area (Å²) in [7, 11) is 0. The second-order valence-corrected chi connectivity index (χ2v) is 7.77. The summed E-state index contributed by atoms with van der Waals surface area (Å²) in [5.41, 5.74) is 3.04. The molecule has 0 bridgehead atoms. The Balaban J connectivity index is 1.87. The monoisotopic (exact) mass is 276 g/mol. The van der Waals surface area contributed by atoms with Crippen LogP contribution in [0.2, 0.25) is 0 Å². The number of rotatable bonds is 1. The molecular weight excluding hydrogens is 252 g/mol. The first-order valence-corrected chi connectivity index (χ1v) is 8.36. The third-order valence-corrected chi connectivity index (χ3v) is 5.44. The van der Waals surface area contributed by atoms with Crippen LogP contribution in [0.15, 0.2) is 24.3 Å². The first-order valence-electron chi connectivity index (χ1n) is 7.42. The smallest absolute Gasteiger partial charge is 0.0364 e. The van der Waals surface area contributed by atoms with E-state index in [2.05, 4.69) is 60.1 Å². The van der Waals surface area contributed by atoms with Gasteiger partial charge >= 0.3 is 0 Å². The van der Waals surface area contributed by atoms with Gasteiger partial charge in [0.1, 0.15) is 0 Å². The average molecular weight is 276 g/mol. The molecule has 3 heteroatoms. The second kappa shape index (κ2) is 5.86. The molecule has 0 aliphatic carbocycles. The number of thioether (sulfide) groups is 1. The predicted molar refractivity (Wildman–Crippen MR) is 83.6 cm³/mol. The molecule has 2 aliphatic rings. The standard InChI is InChI=1S/C16H24N2S/c1-12-10-18(11-13(2)19-12)16-7-8-17-9-14-5-3-4-6-15(14)16/h3-6,12-13,16-17H,7-11H2,1-2H3. The molecule has 104 valence electrons. The first kappa shape index (κ1) is 13.5. The normalized spacial score (nSPS) is 32.6. The fourth-order valence-electron chi connectivity index (χ4n) is 3.49. The Kier molecular flexibility index (Phi) is 4.15. The van der Waals surface area contributed by atoms with Gasteiger partial charge in [-0.15, -0.1) is 0 Å². The summed E-state index contributed by atoms with van der Waals surface area (Å²) in [4.78, 5) is 2.72. The van der Waals surface area contributed by atoms with E-state index in [4.69, 9.17) is 0 Å². The second-order valence-electron chi connectivity index (χ2n) is 5.89. The molecule has 0 spiro atoms. The van der Waals surface area contributed by atoms with E-state index in [0.717, 1.165) is 23.6 Å². The van der Waals surface area contributed by atoms with Gasteiger partial charge in [0.2, 0.25) is 0 Å². The highest BCUT2D eigenvalue weighted by Crippen LogP contribution is 2.34. The first-order chi connectivity index (χ1) is 9.24. The van der Waals surface area contributed by atoms with Gasteiger partial charge < -0.3 is 5.32 Å². The lowest BCUT2D eigenvalue weighted by Gasteiger charge is -2.40. The molecular formula is C16H24N2S. The fourth-order valence-corrected chi connectivity index (χ4v) is 4.84. The van der Waals surface area contributed by atoms with E-state index in [1.807, 2.05) is 0 Å². The Morgan fingerprint density at radius 1 is 1.16 bits per heavy atom. The van der Waals surface area contributed by atoms with Gasteiger partial charge in [0, 0.05) is 36.2 Å². The van der Waals surface area contributed by atoms with E-state index in [0.29, 0.717) is 6.04 Å². The molecule has 1 aromatic rings. The van der Waals surface area contributed by atoms with Crippen LogP contribution in [0.1, 0.15) is 37.4 Å². The van der Waals surface area contributed by atoms with Gasteiger partial charge in [-0.3, -0.25) is 4.90 Å². The minimum atomic E-state index is 0.608. The Bertz CT molecular complexity index is 425. The third kappa shape index (κ3) is 2.99. The van der Waals surface area contributed by atoms with Crippen LogP contribution in [0, 0.1) is 0 Å². The van der Waals surface area contributed by atoms with Crippen LogP contribution in [0.4, 0.5) is 0 Å². The lowest BCUT2D eigenvalue weighted by molar-refractivity contribution is 0.187. The van der Waals surface area contributed by atoms with Crippen LogP contribution < -0.4 is 5.32 Å². The molecule has 3 unspecified atom stereocenters. The van der Waals surface area contributed by atoms with Crippen LogP contribution in [0.5, 0.6) is 0 Å². The van der Waals surface area contributed by atoms with E-state index in [1.54, 1.807) is 5.56 Å². The van der Waals surface area contributed by atoms with E-state index in [1.165, 1.54) is 25.1 Å². The van der Waals surface area contributed by atoms with Gasteiger partial charge in [-0.25, -0.2) is 0 Å². The largest absolute Gasteiger partial charge is 0.313 e. The van der Waals surface area contributed by atoms with Gasteiger partial charge in [-0.1, -0.05) is 38.1 Å². The van der Waals surface area contributed by atoms with Crippen LogP contribution in [-0.2, 0) is 6.54 Å². The number of fused-ring (bicyclic) bond motifs is 1. The zero-order chi connectivity index (χ0) is 13.2. The number of benzene rings is 1. The zero-order valence-corrected chi connectivity index (χ0v) is 12.7. The quantitative estimate of drug-likeness (QED) is 0.849. The van der Waals surface area contributed by atoms with Crippen molar-refractivity contribution in [2.24, 2.45) is 0 Å². The summed E-state index contributed by atoms with van der Waals surface area (Å²) in [5.74, 6) is 0. The molecule has 3 atom stereocenters. The molecule has 0 saturated carbocycles. The van der Waals surface area contributed by atoms with Crippen LogP contribution in [0.25, 0.3) is 0 Å². The number of nitrogens with one attached hydrogen (secondary N) is 1. The summed E-state index contributed by atoms with van der Waals surface area (Å²) in [6, 6.07) is 9.59. The molecule has 0 aromatic heterocycles. The number of hydrogen-bond donors (Lipinski definition) is 1.